The molecule has 25 heavy (non-hydrogen) atoms. The Hall–Kier alpha value is -1.89. The van der Waals surface area contributed by atoms with Crippen LogP contribution in [0.1, 0.15) is 56.9 Å². The molecule has 0 saturated carbocycles. The van der Waals surface area contributed by atoms with Crippen molar-refractivity contribution < 1.29 is 19.1 Å². The van der Waals surface area contributed by atoms with Crippen molar-refractivity contribution >= 4 is 29.1 Å². The molecule has 0 aromatic carbocycles. The van der Waals surface area contributed by atoms with Gasteiger partial charge in [0.05, 0.1) is 12.5 Å². The van der Waals surface area contributed by atoms with Gasteiger partial charge in [0.25, 0.3) is 5.91 Å². The van der Waals surface area contributed by atoms with E-state index < -0.39 is 18.1 Å². The summed E-state index contributed by atoms with van der Waals surface area (Å²) in [4.78, 5) is 38.8. The molecule has 7 heteroatoms. The Kier molecular flexibility index (Phi) is 7.43. The number of rotatable bonds is 6. The summed E-state index contributed by atoms with van der Waals surface area (Å²) in [5.74, 6) is -0.829. The second-order valence-corrected chi connectivity index (χ2v) is 7.32. The molecular weight excluding hydrogens is 340 g/mol. The van der Waals surface area contributed by atoms with Crippen LogP contribution in [0.4, 0.5) is 0 Å². The van der Waals surface area contributed by atoms with E-state index >= 15 is 0 Å². The summed E-state index contributed by atoms with van der Waals surface area (Å²) in [7, 11) is 0. The maximum Gasteiger partial charge on any atom is 0.309 e. The van der Waals surface area contributed by atoms with E-state index in [0.717, 1.165) is 43.6 Å². The summed E-state index contributed by atoms with van der Waals surface area (Å²) in [5, 5.41) is 4.65. The first-order valence-electron chi connectivity index (χ1n) is 8.76. The fourth-order valence-corrected chi connectivity index (χ4v) is 3.75. The Morgan fingerprint density at radius 2 is 1.92 bits per heavy atom. The molecule has 2 heterocycles. The second-order valence-electron chi connectivity index (χ2n) is 6.34. The number of nitrogens with zero attached hydrogens (tertiary/aromatic N) is 1. The first kappa shape index (κ1) is 19.4. The van der Waals surface area contributed by atoms with Crippen molar-refractivity contribution in [1.29, 1.82) is 0 Å². The van der Waals surface area contributed by atoms with Gasteiger partial charge in [-0.25, -0.2) is 0 Å². The van der Waals surface area contributed by atoms with Crippen LogP contribution >= 0.6 is 11.3 Å². The molecule has 1 aliphatic rings. The Morgan fingerprint density at radius 3 is 2.48 bits per heavy atom. The van der Waals surface area contributed by atoms with Gasteiger partial charge in [0.1, 0.15) is 0 Å². The van der Waals surface area contributed by atoms with Gasteiger partial charge in [-0.3, -0.25) is 14.4 Å². The maximum atomic E-state index is 12.5. The maximum absolute atomic E-state index is 12.5. The summed E-state index contributed by atoms with van der Waals surface area (Å²) in [6.07, 6.45) is 3.48. The highest BCUT2D eigenvalue weighted by Gasteiger charge is 2.26. The Morgan fingerprint density at radius 1 is 1.24 bits per heavy atom. The predicted octanol–water partition coefficient (Wildman–Crippen LogP) is 2.65. The number of nitrogens with one attached hydrogen (secondary N) is 1. The van der Waals surface area contributed by atoms with Crippen molar-refractivity contribution in [2.45, 2.75) is 58.1 Å². The average Bonchev–Trinajstić information content (AvgIpc) is 2.95. The monoisotopic (exact) mass is 366 g/mol. The molecule has 138 valence electrons. The van der Waals surface area contributed by atoms with Gasteiger partial charge in [0, 0.05) is 24.9 Å². The molecule has 1 N–H and O–H groups in total. The van der Waals surface area contributed by atoms with Crippen molar-refractivity contribution in [1.82, 2.24) is 10.2 Å². The fraction of sp³-hybridized carbons (Fsp3) is 0.611. The Bertz CT molecular complexity index is 580. The summed E-state index contributed by atoms with van der Waals surface area (Å²) < 4.78 is 5.34. The average molecular weight is 366 g/mol. The lowest BCUT2D eigenvalue weighted by Gasteiger charge is -2.24. The molecule has 6 nitrogen and oxygen atoms in total. The van der Waals surface area contributed by atoms with E-state index in [0.29, 0.717) is 0 Å². The molecule has 0 spiro atoms. The topological polar surface area (TPSA) is 75.7 Å². The minimum Gasteiger partial charge on any atom is -0.452 e. The lowest BCUT2D eigenvalue weighted by Crippen LogP contribution is -2.40. The van der Waals surface area contributed by atoms with E-state index in [1.807, 2.05) is 17.5 Å². The van der Waals surface area contributed by atoms with Gasteiger partial charge in [0.2, 0.25) is 5.91 Å². The van der Waals surface area contributed by atoms with E-state index in [2.05, 4.69) is 5.32 Å². The van der Waals surface area contributed by atoms with E-state index in [1.165, 1.54) is 18.3 Å². The summed E-state index contributed by atoms with van der Waals surface area (Å²) in [6, 6.07) is 3.31. The molecule has 2 atom stereocenters. The standard InChI is InChI=1S/C18H26N2O4S/c1-13(18(23)20-9-5-3-4-6-10-20)24-17(22)12-15(19-14(2)21)16-8-7-11-25-16/h7-8,11,13,15H,3-6,9-10,12H2,1-2H3,(H,19,21)/t13-,15-/m0/s1. The van der Waals surface area contributed by atoms with Gasteiger partial charge >= 0.3 is 5.97 Å². The van der Waals surface area contributed by atoms with E-state index in [9.17, 15) is 14.4 Å². The van der Waals surface area contributed by atoms with Crippen LogP contribution in [0.15, 0.2) is 17.5 Å². The smallest absolute Gasteiger partial charge is 0.309 e. The molecular formula is C18H26N2O4S. The number of likely N-dealkylation sites (tertiary alicyclic amines) is 1. The van der Waals surface area contributed by atoms with Crippen molar-refractivity contribution in [3.05, 3.63) is 22.4 Å². The third kappa shape index (κ3) is 6.16. The normalized spacial score (nSPS) is 17.3. The highest BCUT2D eigenvalue weighted by atomic mass is 32.1. The number of ether oxygens (including phenoxy) is 1. The SMILES string of the molecule is CC(=O)N[C@@H](CC(=O)O[C@@H](C)C(=O)N1CCCCCC1)c1cccs1. The number of esters is 1. The molecule has 1 aromatic heterocycles. The highest BCUT2D eigenvalue weighted by molar-refractivity contribution is 7.10. The van der Waals surface area contributed by atoms with Crippen molar-refractivity contribution in [2.24, 2.45) is 0 Å². The Labute approximate surface area is 152 Å². The van der Waals surface area contributed by atoms with Crippen LogP contribution in [0, 0.1) is 0 Å². The number of carbonyl (C=O) groups excluding carboxylic acids is 3. The van der Waals surface area contributed by atoms with Crippen LogP contribution < -0.4 is 5.32 Å². The van der Waals surface area contributed by atoms with E-state index in [1.54, 1.807) is 11.8 Å². The third-order valence-corrected chi connectivity index (χ3v) is 5.19. The quantitative estimate of drug-likeness (QED) is 0.786. The number of carbonyl (C=O) groups is 3. The minimum atomic E-state index is -0.799. The molecule has 1 aliphatic heterocycles. The van der Waals surface area contributed by atoms with Gasteiger partial charge < -0.3 is 15.0 Å². The van der Waals surface area contributed by atoms with Crippen LogP contribution in [0.5, 0.6) is 0 Å². The van der Waals surface area contributed by atoms with Gasteiger partial charge in [0.15, 0.2) is 6.10 Å². The van der Waals surface area contributed by atoms with Gasteiger partial charge in [-0.2, -0.15) is 0 Å². The second kappa shape index (κ2) is 9.56. The molecule has 1 aromatic rings. The minimum absolute atomic E-state index is 0.0116. The number of thiophene rings is 1. The van der Waals surface area contributed by atoms with Crippen LogP contribution in [-0.4, -0.2) is 41.9 Å². The molecule has 0 aliphatic carbocycles. The zero-order valence-electron chi connectivity index (χ0n) is 14.8. The third-order valence-electron chi connectivity index (χ3n) is 4.21. The molecule has 0 unspecified atom stereocenters. The van der Waals surface area contributed by atoms with Gasteiger partial charge in [-0.15, -0.1) is 11.3 Å². The fourth-order valence-electron chi connectivity index (χ4n) is 2.97. The Balaban J connectivity index is 1.90. The van der Waals surface area contributed by atoms with Crippen LogP contribution in [-0.2, 0) is 19.1 Å². The first-order valence-corrected chi connectivity index (χ1v) is 9.64. The molecule has 2 amide bonds. The molecule has 0 radical (unpaired) electrons. The van der Waals surface area contributed by atoms with Crippen LogP contribution in [0.2, 0.25) is 0 Å². The summed E-state index contributed by atoms with van der Waals surface area (Å²) in [6.45, 7) is 4.48. The molecule has 1 saturated heterocycles. The van der Waals surface area contributed by atoms with E-state index in [-0.39, 0.29) is 18.2 Å². The summed E-state index contributed by atoms with van der Waals surface area (Å²) in [5.41, 5.74) is 0. The molecule has 1 fully saturated rings. The molecule has 0 bridgehead atoms. The summed E-state index contributed by atoms with van der Waals surface area (Å²) >= 11 is 1.47. The van der Waals surface area contributed by atoms with Gasteiger partial charge in [-0.05, 0) is 31.2 Å². The van der Waals surface area contributed by atoms with Crippen molar-refractivity contribution in [3.63, 3.8) is 0 Å². The van der Waals surface area contributed by atoms with Gasteiger partial charge in [-0.1, -0.05) is 18.9 Å². The highest BCUT2D eigenvalue weighted by Crippen LogP contribution is 2.23. The van der Waals surface area contributed by atoms with E-state index in [4.69, 9.17) is 4.74 Å². The number of amides is 2. The molecule has 2 rings (SSSR count). The predicted molar refractivity (Wildman–Crippen MR) is 96.1 cm³/mol. The zero-order chi connectivity index (χ0) is 18.2. The zero-order valence-corrected chi connectivity index (χ0v) is 15.6. The number of hydrogen-bond acceptors (Lipinski definition) is 5. The van der Waals surface area contributed by atoms with Crippen LogP contribution in [0.3, 0.4) is 0 Å². The largest absolute Gasteiger partial charge is 0.452 e. The lowest BCUT2D eigenvalue weighted by atomic mass is 10.1. The first-order chi connectivity index (χ1) is 12.0. The van der Waals surface area contributed by atoms with Crippen molar-refractivity contribution in [3.8, 4) is 0 Å². The van der Waals surface area contributed by atoms with Crippen molar-refractivity contribution in [2.75, 3.05) is 13.1 Å². The van der Waals surface area contributed by atoms with Crippen LogP contribution in [0.25, 0.3) is 0 Å². The number of hydrogen-bond donors (Lipinski definition) is 1. The lowest BCUT2D eigenvalue weighted by molar-refractivity contribution is -0.159.